The summed E-state index contributed by atoms with van der Waals surface area (Å²) in [5.74, 6) is -0.768. The zero-order valence-electron chi connectivity index (χ0n) is 14.6. The summed E-state index contributed by atoms with van der Waals surface area (Å²) < 4.78 is 5.59. The fourth-order valence-electron chi connectivity index (χ4n) is 2.53. The molecule has 0 spiro atoms. The number of amides is 2. The van der Waals surface area contributed by atoms with E-state index >= 15 is 0 Å². The van der Waals surface area contributed by atoms with Crippen molar-refractivity contribution >= 4 is 46.8 Å². The highest BCUT2D eigenvalue weighted by Gasteiger charge is 2.35. The predicted octanol–water partition coefficient (Wildman–Crippen LogP) is 4.59. The number of hydrogen-bond acceptors (Lipinski definition) is 4. The molecule has 138 valence electrons. The molecule has 0 radical (unpaired) electrons. The maximum absolute atomic E-state index is 12.7. The van der Waals surface area contributed by atoms with Gasteiger partial charge in [0.2, 0.25) is 0 Å². The van der Waals surface area contributed by atoms with Crippen LogP contribution in [-0.4, -0.2) is 28.6 Å². The average molecular weight is 403 g/mol. The van der Waals surface area contributed by atoms with Gasteiger partial charge in [0.25, 0.3) is 11.8 Å². The van der Waals surface area contributed by atoms with Crippen LogP contribution in [0, 0.1) is 0 Å². The van der Waals surface area contributed by atoms with Crippen molar-refractivity contribution in [2.45, 2.75) is 20.0 Å². The molecule has 1 heterocycles. The summed E-state index contributed by atoms with van der Waals surface area (Å²) in [5, 5.41) is 5.66. The van der Waals surface area contributed by atoms with Gasteiger partial charge in [0, 0.05) is 5.02 Å². The predicted molar refractivity (Wildman–Crippen MR) is 106 cm³/mol. The second-order valence-electron chi connectivity index (χ2n) is 5.94. The summed E-state index contributed by atoms with van der Waals surface area (Å²) in [7, 11) is 0. The summed E-state index contributed by atoms with van der Waals surface area (Å²) >= 11 is 11.9. The van der Waals surface area contributed by atoms with E-state index in [0.29, 0.717) is 22.1 Å². The molecule has 0 saturated carbocycles. The van der Waals surface area contributed by atoms with E-state index in [1.165, 1.54) is 13.0 Å². The molecule has 0 aliphatic carbocycles. The minimum atomic E-state index is -0.958. The molecule has 5 nitrogen and oxygen atoms in total. The lowest BCUT2D eigenvalue weighted by Crippen LogP contribution is -2.39. The number of carbonyl (C=O) groups excluding carboxylic acids is 2. The van der Waals surface area contributed by atoms with Crippen molar-refractivity contribution in [1.82, 2.24) is 5.01 Å². The standard InChI is InChI=1S/C20H16Cl2N2O3/c1-12-16(10-14-6-4-3-5-7-14)20(26)24(23-12)19(25)13(2)27-18-9-8-15(21)11-17(18)22/h3-11,13H,1-2H3/b16-10-. The van der Waals surface area contributed by atoms with Gasteiger partial charge in [0.15, 0.2) is 6.10 Å². The molecule has 0 bridgehead atoms. The number of carbonyl (C=O) groups is 2. The molecule has 2 aromatic rings. The van der Waals surface area contributed by atoms with Crippen LogP contribution in [-0.2, 0) is 9.59 Å². The van der Waals surface area contributed by atoms with Crippen LogP contribution in [0.25, 0.3) is 6.08 Å². The first kappa shape index (κ1) is 19.1. The molecular formula is C20H16Cl2N2O3. The molecule has 1 aliphatic heterocycles. The maximum atomic E-state index is 12.7. The first-order chi connectivity index (χ1) is 12.9. The van der Waals surface area contributed by atoms with Crippen LogP contribution in [0.2, 0.25) is 10.0 Å². The van der Waals surface area contributed by atoms with E-state index in [4.69, 9.17) is 27.9 Å². The Morgan fingerprint density at radius 3 is 2.56 bits per heavy atom. The van der Waals surface area contributed by atoms with Crippen LogP contribution in [0.1, 0.15) is 19.4 Å². The molecule has 0 N–H and O–H groups in total. The van der Waals surface area contributed by atoms with E-state index in [1.54, 1.807) is 25.1 Å². The molecule has 0 saturated heterocycles. The SMILES string of the molecule is CC1=NN(C(=O)C(C)Oc2ccc(Cl)cc2Cl)C(=O)/C1=C\c1ccccc1. The lowest BCUT2D eigenvalue weighted by atomic mass is 10.1. The largest absolute Gasteiger partial charge is 0.479 e. The van der Waals surface area contributed by atoms with Gasteiger partial charge < -0.3 is 4.74 Å². The molecule has 3 rings (SSSR count). The Balaban J connectivity index is 1.77. The molecule has 2 amide bonds. The van der Waals surface area contributed by atoms with E-state index in [1.807, 2.05) is 30.3 Å². The third-order valence-corrected chi connectivity index (χ3v) is 4.46. The normalized spacial score (nSPS) is 16.4. The third-order valence-electron chi connectivity index (χ3n) is 3.93. The van der Waals surface area contributed by atoms with E-state index in [-0.39, 0.29) is 5.02 Å². The Labute approximate surface area is 166 Å². The van der Waals surface area contributed by atoms with E-state index < -0.39 is 17.9 Å². The van der Waals surface area contributed by atoms with Crippen molar-refractivity contribution in [2.24, 2.45) is 5.10 Å². The molecule has 7 heteroatoms. The number of ether oxygens (including phenoxy) is 1. The van der Waals surface area contributed by atoms with Crippen LogP contribution in [0.4, 0.5) is 0 Å². The quantitative estimate of drug-likeness (QED) is 0.702. The minimum absolute atomic E-state index is 0.277. The maximum Gasteiger partial charge on any atom is 0.290 e. The molecule has 1 atom stereocenters. The summed E-state index contributed by atoms with van der Waals surface area (Å²) in [6.07, 6.45) is 0.746. The van der Waals surface area contributed by atoms with Gasteiger partial charge in [0.1, 0.15) is 5.75 Å². The van der Waals surface area contributed by atoms with Gasteiger partial charge >= 0.3 is 0 Å². The highest BCUT2D eigenvalue weighted by Crippen LogP contribution is 2.29. The number of imide groups is 1. The fourth-order valence-corrected chi connectivity index (χ4v) is 2.99. The first-order valence-corrected chi connectivity index (χ1v) is 8.94. The Morgan fingerprint density at radius 2 is 1.89 bits per heavy atom. The zero-order chi connectivity index (χ0) is 19.6. The van der Waals surface area contributed by atoms with E-state index in [9.17, 15) is 9.59 Å². The summed E-state index contributed by atoms with van der Waals surface area (Å²) in [4.78, 5) is 25.3. The van der Waals surface area contributed by atoms with Crippen LogP contribution >= 0.6 is 23.2 Å². The van der Waals surface area contributed by atoms with Crippen molar-refractivity contribution in [3.05, 3.63) is 69.7 Å². The van der Waals surface area contributed by atoms with Gasteiger partial charge in [-0.05, 0) is 43.7 Å². The van der Waals surface area contributed by atoms with Crippen LogP contribution in [0.3, 0.4) is 0 Å². The average Bonchev–Trinajstić information content (AvgIpc) is 2.92. The lowest BCUT2D eigenvalue weighted by Gasteiger charge is -2.18. The Hall–Kier alpha value is -2.63. The molecule has 0 fully saturated rings. The van der Waals surface area contributed by atoms with Crippen molar-refractivity contribution in [3.8, 4) is 5.75 Å². The van der Waals surface area contributed by atoms with E-state index in [2.05, 4.69) is 5.10 Å². The van der Waals surface area contributed by atoms with Gasteiger partial charge in [-0.2, -0.15) is 10.1 Å². The first-order valence-electron chi connectivity index (χ1n) is 8.19. The molecular weight excluding hydrogens is 387 g/mol. The van der Waals surface area contributed by atoms with Crippen molar-refractivity contribution < 1.29 is 14.3 Å². The second-order valence-corrected chi connectivity index (χ2v) is 6.79. The zero-order valence-corrected chi connectivity index (χ0v) is 16.2. The fraction of sp³-hybridized carbons (Fsp3) is 0.150. The number of halogens is 2. The number of hydrogen-bond donors (Lipinski definition) is 0. The smallest absolute Gasteiger partial charge is 0.290 e. The molecule has 1 aliphatic rings. The topological polar surface area (TPSA) is 59.0 Å². The summed E-state index contributed by atoms with van der Waals surface area (Å²) in [6, 6.07) is 14.0. The molecule has 1 unspecified atom stereocenters. The number of benzene rings is 2. The van der Waals surface area contributed by atoms with Crippen LogP contribution in [0.15, 0.2) is 59.2 Å². The number of rotatable bonds is 4. The molecule has 0 aromatic heterocycles. The molecule has 2 aromatic carbocycles. The van der Waals surface area contributed by atoms with Gasteiger partial charge in [0.05, 0.1) is 16.3 Å². The van der Waals surface area contributed by atoms with Gasteiger partial charge in [-0.1, -0.05) is 53.5 Å². The Bertz CT molecular complexity index is 955. The van der Waals surface area contributed by atoms with Crippen molar-refractivity contribution in [3.63, 3.8) is 0 Å². The summed E-state index contributed by atoms with van der Waals surface area (Å²) in [5.41, 5.74) is 1.68. The monoisotopic (exact) mass is 402 g/mol. The number of nitrogens with zero attached hydrogens (tertiary/aromatic N) is 2. The third kappa shape index (κ3) is 4.21. The lowest BCUT2D eigenvalue weighted by molar-refractivity contribution is -0.146. The van der Waals surface area contributed by atoms with Crippen LogP contribution in [0.5, 0.6) is 5.75 Å². The highest BCUT2D eigenvalue weighted by atomic mass is 35.5. The summed E-state index contributed by atoms with van der Waals surface area (Å²) in [6.45, 7) is 3.21. The van der Waals surface area contributed by atoms with E-state index in [0.717, 1.165) is 10.6 Å². The highest BCUT2D eigenvalue weighted by molar-refractivity contribution is 6.35. The Kier molecular flexibility index (Phi) is 5.63. The minimum Gasteiger partial charge on any atom is -0.479 e. The Morgan fingerprint density at radius 1 is 1.19 bits per heavy atom. The van der Waals surface area contributed by atoms with Gasteiger partial charge in [-0.25, -0.2) is 0 Å². The second kappa shape index (κ2) is 7.94. The number of hydrazone groups is 1. The van der Waals surface area contributed by atoms with Crippen molar-refractivity contribution in [2.75, 3.05) is 0 Å². The van der Waals surface area contributed by atoms with Gasteiger partial charge in [-0.3, -0.25) is 9.59 Å². The van der Waals surface area contributed by atoms with Gasteiger partial charge in [-0.15, -0.1) is 0 Å². The van der Waals surface area contributed by atoms with Crippen LogP contribution < -0.4 is 4.74 Å². The van der Waals surface area contributed by atoms with Crippen molar-refractivity contribution in [1.29, 1.82) is 0 Å². The molecule has 27 heavy (non-hydrogen) atoms.